The monoisotopic (exact) mass is 409 g/mol. The fraction of sp³-hybridized carbons (Fsp3) is 0.389. The number of aromatic nitrogens is 2. The molecule has 0 N–H and O–H groups in total. The van der Waals surface area contributed by atoms with Crippen molar-refractivity contribution in [3.63, 3.8) is 0 Å². The summed E-state index contributed by atoms with van der Waals surface area (Å²) in [4.78, 5) is 20.5. The lowest BCUT2D eigenvalue weighted by atomic mass is 10.1. The maximum atomic E-state index is 14.2. The van der Waals surface area contributed by atoms with Crippen molar-refractivity contribution in [2.24, 2.45) is 0 Å². The first-order valence-corrected chi connectivity index (χ1v) is 10.5. The maximum Gasteiger partial charge on any atom is 0.229 e. The minimum atomic E-state index is -3.52. The van der Waals surface area contributed by atoms with Crippen LogP contribution in [0, 0.1) is 12.7 Å². The molecule has 1 aliphatic rings. The zero-order chi connectivity index (χ0) is 20.3. The molecule has 0 unspecified atom stereocenters. The third kappa shape index (κ3) is 4.56. The van der Waals surface area contributed by atoms with E-state index < -0.39 is 15.7 Å². The van der Waals surface area contributed by atoms with Gasteiger partial charge in [0.25, 0.3) is 0 Å². The first kappa shape index (κ1) is 20.0. The molecule has 2 aromatic rings. The van der Waals surface area contributed by atoms with Crippen molar-refractivity contribution in [2.75, 3.05) is 19.3 Å². The molecule has 1 aliphatic heterocycles. The fourth-order valence-corrected chi connectivity index (χ4v) is 3.43. The largest absolute Gasteiger partial charge is 0.474 e. The molecule has 10 heteroatoms. The van der Waals surface area contributed by atoms with Crippen LogP contribution >= 0.6 is 0 Å². The molecular weight excluding hydrogens is 389 g/mol. The minimum Gasteiger partial charge on any atom is -0.474 e. The second kappa shape index (κ2) is 8.09. The SMILES string of the molecule is Cc1c(Oc2ccc(S(C)(=O)=O)cc2F)ncnc1OC1CCN(C=O)CC1. The molecule has 28 heavy (non-hydrogen) atoms. The van der Waals surface area contributed by atoms with E-state index in [-0.39, 0.29) is 22.6 Å². The highest BCUT2D eigenvalue weighted by atomic mass is 32.2. The van der Waals surface area contributed by atoms with E-state index in [0.29, 0.717) is 37.4 Å². The van der Waals surface area contributed by atoms with Gasteiger partial charge in [0.2, 0.25) is 18.2 Å². The number of piperidine rings is 1. The van der Waals surface area contributed by atoms with E-state index in [4.69, 9.17) is 9.47 Å². The van der Waals surface area contributed by atoms with E-state index in [2.05, 4.69) is 9.97 Å². The Morgan fingerprint density at radius 1 is 1.21 bits per heavy atom. The Morgan fingerprint density at radius 3 is 2.50 bits per heavy atom. The van der Waals surface area contributed by atoms with Crippen LogP contribution in [0.25, 0.3) is 0 Å². The number of sulfone groups is 1. The molecule has 1 amide bonds. The molecule has 0 bridgehead atoms. The third-order valence-corrected chi connectivity index (χ3v) is 5.54. The number of hydrogen-bond donors (Lipinski definition) is 0. The van der Waals surface area contributed by atoms with Gasteiger partial charge >= 0.3 is 0 Å². The van der Waals surface area contributed by atoms with Crippen LogP contribution in [-0.4, -0.2) is 55.1 Å². The van der Waals surface area contributed by atoms with Gasteiger partial charge in [0.15, 0.2) is 21.4 Å². The first-order chi connectivity index (χ1) is 13.3. The van der Waals surface area contributed by atoms with Crippen LogP contribution in [0.1, 0.15) is 18.4 Å². The van der Waals surface area contributed by atoms with Crippen LogP contribution in [0.2, 0.25) is 0 Å². The van der Waals surface area contributed by atoms with E-state index >= 15 is 0 Å². The van der Waals surface area contributed by atoms with Crippen LogP contribution in [0.15, 0.2) is 29.4 Å². The van der Waals surface area contributed by atoms with Gasteiger partial charge in [-0.2, -0.15) is 0 Å². The summed E-state index contributed by atoms with van der Waals surface area (Å²) in [6, 6.07) is 3.41. The maximum absolute atomic E-state index is 14.2. The third-order valence-electron chi connectivity index (χ3n) is 4.43. The number of carbonyl (C=O) groups is 1. The summed E-state index contributed by atoms with van der Waals surface area (Å²) in [5.41, 5.74) is 0.493. The second-order valence-corrected chi connectivity index (χ2v) is 8.55. The molecule has 8 nitrogen and oxygen atoms in total. The average Bonchev–Trinajstić information content (AvgIpc) is 2.66. The van der Waals surface area contributed by atoms with E-state index in [1.807, 2.05) is 0 Å². The van der Waals surface area contributed by atoms with Gasteiger partial charge < -0.3 is 14.4 Å². The molecular formula is C18H20FN3O5S. The van der Waals surface area contributed by atoms with E-state index in [1.165, 1.54) is 18.5 Å². The summed E-state index contributed by atoms with van der Waals surface area (Å²) in [5, 5.41) is 0. The zero-order valence-electron chi connectivity index (χ0n) is 15.5. The average molecular weight is 409 g/mol. The summed E-state index contributed by atoms with van der Waals surface area (Å²) in [5.74, 6) is -0.534. The molecule has 3 rings (SSSR count). The second-order valence-electron chi connectivity index (χ2n) is 6.53. The summed E-state index contributed by atoms with van der Waals surface area (Å²) >= 11 is 0. The van der Waals surface area contributed by atoms with Gasteiger partial charge in [-0.15, -0.1) is 0 Å². The minimum absolute atomic E-state index is 0.0940. The fourth-order valence-electron chi connectivity index (χ4n) is 2.80. The van der Waals surface area contributed by atoms with Gasteiger partial charge in [-0.25, -0.2) is 22.8 Å². The Kier molecular flexibility index (Phi) is 5.78. The van der Waals surface area contributed by atoms with Crippen molar-refractivity contribution in [2.45, 2.75) is 30.8 Å². The summed E-state index contributed by atoms with van der Waals surface area (Å²) < 4.78 is 48.7. The highest BCUT2D eigenvalue weighted by Gasteiger charge is 2.22. The van der Waals surface area contributed by atoms with Crippen LogP contribution in [-0.2, 0) is 14.6 Å². The lowest BCUT2D eigenvalue weighted by molar-refractivity contribution is -0.119. The predicted molar refractivity (Wildman–Crippen MR) is 97.6 cm³/mol. The van der Waals surface area contributed by atoms with Gasteiger partial charge in [-0.1, -0.05) is 0 Å². The molecule has 0 spiro atoms. The molecule has 0 atom stereocenters. The van der Waals surface area contributed by atoms with E-state index in [9.17, 15) is 17.6 Å². The number of carbonyl (C=O) groups excluding carboxylic acids is 1. The van der Waals surface area contributed by atoms with Gasteiger partial charge in [0.1, 0.15) is 12.4 Å². The Balaban J connectivity index is 1.75. The molecule has 0 radical (unpaired) electrons. The highest BCUT2D eigenvalue weighted by Crippen LogP contribution is 2.31. The summed E-state index contributed by atoms with van der Waals surface area (Å²) in [6.07, 6.45) is 4.34. The van der Waals surface area contributed by atoms with Gasteiger partial charge in [-0.05, 0) is 25.1 Å². The lowest BCUT2D eigenvalue weighted by Gasteiger charge is -2.29. The van der Waals surface area contributed by atoms with Crippen molar-refractivity contribution in [1.82, 2.24) is 14.9 Å². The number of hydrogen-bond acceptors (Lipinski definition) is 7. The molecule has 0 saturated carbocycles. The first-order valence-electron chi connectivity index (χ1n) is 8.63. The van der Waals surface area contributed by atoms with Crippen molar-refractivity contribution < 1.29 is 27.1 Å². The van der Waals surface area contributed by atoms with Crippen LogP contribution in [0.4, 0.5) is 4.39 Å². The Bertz CT molecular complexity index is 975. The van der Waals surface area contributed by atoms with Crippen molar-refractivity contribution >= 4 is 16.2 Å². The van der Waals surface area contributed by atoms with Crippen LogP contribution in [0.3, 0.4) is 0 Å². The summed E-state index contributed by atoms with van der Waals surface area (Å²) in [6.45, 7) is 2.91. The van der Waals surface area contributed by atoms with Gasteiger partial charge in [-0.3, -0.25) is 4.79 Å². The number of rotatable bonds is 6. The highest BCUT2D eigenvalue weighted by molar-refractivity contribution is 7.90. The number of amides is 1. The van der Waals surface area contributed by atoms with Crippen LogP contribution < -0.4 is 9.47 Å². The number of benzene rings is 1. The molecule has 1 saturated heterocycles. The molecule has 0 aliphatic carbocycles. The zero-order valence-corrected chi connectivity index (χ0v) is 16.3. The Morgan fingerprint density at radius 2 is 1.89 bits per heavy atom. The number of halogens is 1. The van der Waals surface area contributed by atoms with Crippen molar-refractivity contribution in [3.05, 3.63) is 35.9 Å². The van der Waals surface area contributed by atoms with Gasteiger partial charge in [0.05, 0.1) is 10.5 Å². The molecule has 1 aromatic carbocycles. The van der Waals surface area contributed by atoms with Crippen LogP contribution in [0.5, 0.6) is 17.5 Å². The quantitative estimate of drug-likeness (QED) is 0.674. The Hall–Kier alpha value is -2.75. The standard InChI is InChI=1S/C18H20FN3O5S/c1-12-17(26-13-5-7-22(11-23)8-6-13)20-10-21-18(12)27-16-4-3-14(9-15(16)19)28(2,24)25/h3-4,9-11,13H,5-8H2,1-2H3. The van der Waals surface area contributed by atoms with Crippen molar-refractivity contribution in [3.8, 4) is 17.5 Å². The van der Waals surface area contributed by atoms with Crippen molar-refractivity contribution in [1.29, 1.82) is 0 Å². The Labute approximate surface area is 162 Å². The smallest absolute Gasteiger partial charge is 0.229 e. The number of likely N-dealkylation sites (tertiary alicyclic amines) is 1. The van der Waals surface area contributed by atoms with E-state index in [0.717, 1.165) is 18.7 Å². The van der Waals surface area contributed by atoms with E-state index in [1.54, 1.807) is 11.8 Å². The molecule has 2 heterocycles. The molecule has 1 fully saturated rings. The molecule has 1 aromatic heterocycles. The topological polar surface area (TPSA) is 98.7 Å². The number of nitrogens with zero attached hydrogens (tertiary/aromatic N) is 3. The summed E-state index contributed by atoms with van der Waals surface area (Å²) in [7, 11) is -3.52. The lowest BCUT2D eigenvalue weighted by Crippen LogP contribution is -2.37. The number of ether oxygens (including phenoxy) is 2. The normalized spacial score (nSPS) is 15.3. The molecule has 150 valence electrons. The van der Waals surface area contributed by atoms with Gasteiger partial charge in [0, 0.05) is 32.2 Å². The predicted octanol–water partition coefficient (Wildman–Crippen LogP) is 2.12.